The lowest BCUT2D eigenvalue weighted by atomic mass is 9.77. The van der Waals surface area contributed by atoms with Crippen molar-refractivity contribution in [2.24, 2.45) is 0 Å². The third kappa shape index (κ3) is 4.14. The molecular formula is C21H25BFNO5. The molecule has 6 nitrogen and oxygen atoms in total. The highest BCUT2D eigenvalue weighted by molar-refractivity contribution is 6.63. The van der Waals surface area contributed by atoms with E-state index in [2.05, 4.69) is 0 Å². The van der Waals surface area contributed by atoms with Gasteiger partial charge < -0.3 is 14.0 Å². The van der Waals surface area contributed by atoms with E-state index < -0.39 is 29.1 Å². The van der Waals surface area contributed by atoms with Crippen LogP contribution in [-0.4, -0.2) is 23.2 Å². The molecule has 8 heteroatoms. The molecule has 29 heavy (non-hydrogen) atoms. The van der Waals surface area contributed by atoms with E-state index in [9.17, 15) is 14.5 Å². The first-order valence-corrected chi connectivity index (χ1v) is 9.52. The van der Waals surface area contributed by atoms with Gasteiger partial charge in [0, 0.05) is 11.5 Å². The fourth-order valence-electron chi connectivity index (χ4n) is 2.97. The molecule has 0 atom stereocenters. The molecule has 1 heterocycles. The van der Waals surface area contributed by atoms with Crippen LogP contribution >= 0.6 is 0 Å². The van der Waals surface area contributed by atoms with Gasteiger partial charge in [0.05, 0.1) is 22.2 Å². The number of hydrogen-bond acceptors (Lipinski definition) is 5. The maximum absolute atomic E-state index is 14.4. The van der Waals surface area contributed by atoms with Crippen LogP contribution in [0, 0.1) is 15.9 Å². The highest BCUT2D eigenvalue weighted by Crippen LogP contribution is 2.38. The van der Waals surface area contributed by atoms with Gasteiger partial charge in [-0.2, -0.15) is 0 Å². The zero-order valence-corrected chi connectivity index (χ0v) is 17.5. The van der Waals surface area contributed by atoms with E-state index in [4.69, 9.17) is 14.0 Å². The monoisotopic (exact) mass is 401 g/mol. The number of nitrogens with zero attached hydrogens (tertiary/aromatic N) is 1. The molecular weight excluding hydrogens is 376 g/mol. The third-order valence-corrected chi connectivity index (χ3v) is 5.56. The lowest BCUT2D eigenvalue weighted by molar-refractivity contribution is -0.385. The first kappa shape index (κ1) is 21.3. The van der Waals surface area contributed by atoms with Gasteiger partial charge >= 0.3 is 7.12 Å². The number of nitro groups is 1. The molecule has 1 fully saturated rings. The number of nitro benzene ring substituents is 1. The fraction of sp³-hybridized carbons (Fsp3) is 0.429. The van der Waals surface area contributed by atoms with Crippen molar-refractivity contribution in [1.82, 2.24) is 0 Å². The molecule has 2 aromatic rings. The second-order valence-corrected chi connectivity index (χ2v) is 8.51. The van der Waals surface area contributed by atoms with E-state index in [-0.39, 0.29) is 17.4 Å². The zero-order chi connectivity index (χ0) is 21.6. The van der Waals surface area contributed by atoms with Crippen LogP contribution in [0.25, 0.3) is 0 Å². The van der Waals surface area contributed by atoms with Crippen LogP contribution in [0.2, 0.25) is 0 Å². The van der Waals surface area contributed by atoms with Gasteiger partial charge in [0.25, 0.3) is 5.69 Å². The molecule has 154 valence electrons. The third-order valence-electron chi connectivity index (χ3n) is 5.56. The molecule has 0 aromatic heterocycles. The Balaban J connectivity index is 2.01. The number of non-ortho nitro benzene ring substituents is 1. The maximum atomic E-state index is 14.4. The molecule has 3 rings (SSSR count). The number of hydrogen-bond donors (Lipinski definition) is 0. The Morgan fingerprint density at radius 2 is 1.66 bits per heavy atom. The van der Waals surface area contributed by atoms with E-state index in [1.165, 1.54) is 12.1 Å². The van der Waals surface area contributed by atoms with E-state index in [1.807, 2.05) is 59.7 Å². The Morgan fingerprint density at radius 1 is 1.03 bits per heavy atom. The van der Waals surface area contributed by atoms with Gasteiger partial charge in [0.15, 0.2) is 11.6 Å². The van der Waals surface area contributed by atoms with Crippen LogP contribution in [0.1, 0.15) is 53.0 Å². The average molecular weight is 401 g/mol. The largest absolute Gasteiger partial charge is 0.498 e. The summed E-state index contributed by atoms with van der Waals surface area (Å²) >= 11 is 0. The lowest BCUT2D eigenvalue weighted by Crippen LogP contribution is -2.41. The summed E-state index contributed by atoms with van der Waals surface area (Å²) < 4.78 is 32.5. The van der Waals surface area contributed by atoms with Gasteiger partial charge in [-0.05, 0) is 51.3 Å². The van der Waals surface area contributed by atoms with Crippen molar-refractivity contribution >= 4 is 18.3 Å². The maximum Gasteiger partial charge on any atom is 0.498 e. The van der Waals surface area contributed by atoms with Crippen LogP contribution in [0.3, 0.4) is 0 Å². The second-order valence-electron chi connectivity index (χ2n) is 8.51. The van der Waals surface area contributed by atoms with Crippen LogP contribution in [-0.2, 0) is 9.31 Å². The highest BCUT2D eigenvalue weighted by Gasteiger charge is 2.52. The molecule has 0 amide bonds. The Kier molecular flexibility index (Phi) is 5.45. The normalized spacial score (nSPS) is 17.6. The molecule has 0 saturated carbocycles. The smallest absolute Gasteiger partial charge is 0.455 e. The summed E-state index contributed by atoms with van der Waals surface area (Å²) in [5.41, 5.74) is 0.222. The molecule has 1 aliphatic heterocycles. The highest BCUT2D eigenvalue weighted by atomic mass is 19.1. The zero-order valence-electron chi connectivity index (χ0n) is 17.5. The van der Waals surface area contributed by atoms with Gasteiger partial charge in [-0.3, -0.25) is 10.1 Å². The molecule has 0 N–H and O–H groups in total. The Hall–Kier alpha value is -2.45. The number of benzene rings is 2. The quantitative estimate of drug-likeness (QED) is 0.403. The van der Waals surface area contributed by atoms with Crippen molar-refractivity contribution in [1.29, 1.82) is 0 Å². The summed E-state index contributed by atoms with van der Waals surface area (Å²) in [6, 6.07) is 8.95. The average Bonchev–Trinajstić information content (AvgIpc) is 2.83. The van der Waals surface area contributed by atoms with Crippen LogP contribution in [0.4, 0.5) is 10.1 Å². The van der Waals surface area contributed by atoms with Crippen molar-refractivity contribution in [3.63, 3.8) is 0 Å². The molecule has 1 aliphatic rings. The standard InChI is InChI=1S/C21H25BFNO5/c1-13(2)14-7-9-16(22-28-20(3,4)21(5,6)29-22)19(11-14)27-18-10-8-15(24(25)26)12-17(18)23/h7-13H,1-6H3. The fourth-order valence-corrected chi connectivity index (χ4v) is 2.97. The van der Waals surface area contributed by atoms with Crippen LogP contribution in [0.5, 0.6) is 11.5 Å². The first-order chi connectivity index (χ1) is 13.4. The summed E-state index contributed by atoms with van der Waals surface area (Å²) in [4.78, 5) is 10.2. The Bertz CT molecular complexity index is 929. The minimum Gasteiger partial charge on any atom is -0.455 e. The van der Waals surface area contributed by atoms with Crippen LogP contribution in [0.15, 0.2) is 36.4 Å². The number of halogens is 1. The van der Waals surface area contributed by atoms with E-state index in [1.54, 1.807) is 0 Å². The summed E-state index contributed by atoms with van der Waals surface area (Å²) in [5.74, 6) is -0.294. The van der Waals surface area contributed by atoms with Crippen LogP contribution < -0.4 is 10.2 Å². The van der Waals surface area contributed by atoms with Crippen molar-refractivity contribution in [3.8, 4) is 11.5 Å². The SMILES string of the molecule is CC(C)c1ccc(B2OC(C)(C)C(C)(C)O2)c(Oc2ccc([N+](=O)[O-])cc2F)c1. The van der Waals surface area contributed by atoms with E-state index in [0.717, 1.165) is 11.6 Å². The number of ether oxygens (including phenoxy) is 1. The van der Waals surface area contributed by atoms with Crippen molar-refractivity contribution in [3.05, 3.63) is 57.9 Å². The molecule has 1 saturated heterocycles. The number of rotatable bonds is 5. The molecule has 2 aromatic carbocycles. The van der Waals surface area contributed by atoms with Crippen molar-refractivity contribution in [2.45, 2.75) is 58.7 Å². The van der Waals surface area contributed by atoms with E-state index >= 15 is 0 Å². The molecule has 0 aliphatic carbocycles. The van der Waals surface area contributed by atoms with E-state index in [0.29, 0.717) is 11.2 Å². The molecule has 0 unspecified atom stereocenters. The van der Waals surface area contributed by atoms with Crippen molar-refractivity contribution < 1.29 is 23.4 Å². The minimum absolute atomic E-state index is 0.103. The first-order valence-electron chi connectivity index (χ1n) is 9.52. The Morgan fingerprint density at radius 3 is 2.17 bits per heavy atom. The topological polar surface area (TPSA) is 70.8 Å². The summed E-state index contributed by atoms with van der Waals surface area (Å²) in [6.45, 7) is 11.9. The minimum atomic E-state index is -0.811. The molecule has 0 spiro atoms. The predicted octanol–water partition coefficient (Wildman–Crippen LogP) is 4.95. The van der Waals surface area contributed by atoms with Gasteiger partial charge in [0.1, 0.15) is 5.75 Å². The summed E-state index contributed by atoms with van der Waals surface area (Å²) in [5, 5.41) is 10.9. The second kappa shape index (κ2) is 7.42. The molecule has 0 radical (unpaired) electrons. The van der Waals surface area contributed by atoms with Gasteiger partial charge in [-0.1, -0.05) is 26.0 Å². The predicted molar refractivity (Wildman–Crippen MR) is 109 cm³/mol. The van der Waals surface area contributed by atoms with Crippen molar-refractivity contribution in [2.75, 3.05) is 0 Å². The molecule has 0 bridgehead atoms. The van der Waals surface area contributed by atoms with Gasteiger partial charge in [-0.15, -0.1) is 0 Å². The Labute approximate surface area is 170 Å². The summed E-state index contributed by atoms with van der Waals surface area (Å²) in [6.07, 6.45) is 0. The van der Waals surface area contributed by atoms with Gasteiger partial charge in [-0.25, -0.2) is 4.39 Å². The lowest BCUT2D eigenvalue weighted by Gasteiger charge is -2.32. The summed E-state index contributed by atoms with van der Waals surface area (Å²) in [7, 11) is -0.683. The van der Waals surface area contributed by atoms with Gasteiger partial charge in [0.2, 0.25) is 0 Å².